The smallest absolute Gasteiger partial charge is 0.312 e. The molecular weight excluding hydrogens is 404 g/mol. The van der Waals surface area contributed by atoms with E-state index in [4.69, 9.17) is 0 Å². The number of carbonyl (C=O) groups excluding carboxylic acids is 2. The number of urea groups is 1. The molecule has 0 N–H and O–H groups in total. The highest BCUT2D eigenvalue weighted by Crippen LogP contribution is 2.29. The molecule has 1 aliphatic heterocycles. The minimum atomic E-state index is -4.53. The van der Waals surface area contributed by atoms with Crippen molar-refractivity contribution in [2.75, 3.05) is 18.0 Å². The molecule has 0 spiro atoms. The maximum Gasteiger partial charge on any atom is 0.416 e. The van der Waals surface area contributed by atoms with E-state index in [0.717, 1.165) is 24.5 Å². The molecule has 0 radical (unpaired) electrons. The molecule has 30 heavy (non-hydrogen) atoms. The first-order valence-electron chi connectivity index (χ1n) is 9.29. The molecule has 2 aromatic heterocycles. The lowest BCUT2D eigenvalue weighted by atomic mass is 10.0. The van der Waals surface area contributed by atoms with Crippen molar-refractivity contribution in [1.82, 2.24) is 14.9 Å². The third-order valence-electron chi connectivity index (χ3n) is 4.87. The topological polar surface area (TPSA) is 66.4 Å². The second kappa shape index (κ2) is 8.37. The van der Waals surface area contributed by atoms with Gasteiger partial charge in [-0.05, 0) is 30.2 Å². The van der Waals surface area contributed by atoms with E-state index < -0.39 is 29.4 Å². The number of aromatic nitrogens is 2. The van der Waals surface area contributed by atoms with Crippen molar-refractivity contribution >= 4 is 17.6 Å². The Morgan fingerprint density at radius 1 is 1.23 bits per heavy atom. The van der Waals surface area contributed by atoms with Gasteiger partial charge < -0.3 is 4.90 Å². The van der Waals surface area contributed by atoms with Gasteiger partial charge in [-0.3, -0.25) is 14.7 Å². The SMILES string of the molecule is CC(C)[C@H]1CN(c2ccc(F)cn2)C(=O)N1CC(=O)Cc1cc(C(F)(F)F)ccn1. The van der Waals surface area contributed by atoms with E-state index in [1.54, 1.807) is 0 Å². The molecule has 2 aromatic rings. The predicted octanol–water partition coefficient (Wildman–Crippen LogP) is 3.71. The number of rotatable bonds is 6. The van der Waals surface area contributed by atoms with Gasteiger partial charge in [0.05, 0.1) is 30.8 Å². The van der Waals surface area contributed by atoms with Gasteiger partial charge in [0.1, 0.15) is 11.6 Å². The molecule has 1 aliphatic rings. The lowest BCUT2D eigenvalue weighted by Crippen LogP contribution is -2.41. The second-order valence-electron chi connectivity index (χ2n) is 7.42. The molecule has 0 unspecified atom stereocenters. The molecule has 0 aromatic carbocycles. The van der Waals surface area contributed by atoms with Crippen LogP contribution in [0.15, 0.2) is 36.7 Å². The second-order valence-corrected chi connectivity index (χ2v) is 7.42. The van der Waals surface area contributed by atoms with E-state index in [1.165, 1.54) is 21.9 Å². The molecule has 0 bridgehead atoms. The number of ketones is 1. The van der Waals surface area contributed by atoms with Crippen LogP contribution in [-0.2, 0) is 17.4 Å². The summed E-state index contributed by atoms with van der Waals surface area (Å²) >= 11 is 0. The van der Waals surface area contributed by atoms with Crippen LogP contribution < -0.4 is 4.90 Å². The Balaban J connectivity index is 1.74. The Hall–Kier alpha value is -3.04. The standard InChI is InChI=1S/C20H20F4N4O2/c1-12(2)17-11-28(18-4-3-14(21)9-26-18)19(30)27(17)10-16(29)8-15-7-13(5-6-25-15)20(22,23)24/h3-7,9,12,17H,8,10-11H2,1-2H3/t17-/m1/s1. The van der Waals surface area contributed by atoms with E-state index in [2.05, 4.69) is 9.97 Å². The Bertz CT molecular complexity index is 931. The zero-order chi connectivity index (χ0) is 22.1. The number of hydrogen-bond acceptors (Lipinski definition) is 4. The Labute approximate surface area is 170 Å². The number of anilines is 1. The van der Waals surface area contributed by atoms with E-state index in [9.17, 15) is 27.2 Å². The molecule has 3 heterocycles. The van der Waals surface area contributed by atoms with Gasteiger partial charge in [-0.2, -0.15) is 13.2 Å². The Kier molecular flexibility index (Phi) is 6.04. The van der Waals surface area contributed by atoms with Crippen molar-refractivity contribution in [2.24, 2.45) is 5.92 Å². The van der Waals surface area contributed by atoms with Gasteiger partial charge in [-0.1, -0.05) is 13.8 Å². The third-order valence-corrected chi connectivity index (χ3v) is 4.87. The van der Waals surface area contributed by atoms with Gasteiger partial charge in [-0.15, -0.1) is 0 Å². The van der Waals surface area contributed by atoms with E-state index in [1.807, 2.05) is 13.8 Å². The molecule has 10 heteroatoms. The van der Waals surface area contributed by atoms with E-state index in [0.29, 0.717) is 0 Å². The zero-order valence-electron chi connectivity index (χ0n) is 16.4. The van der Waals surface area contributed by atoms with Gasteiger partial charge >= 0.3 is 12.2 Å². The average molecular weight is 424 g/mol. The van der Waals surface area contributed by atoms with E-state index in [-0.39, 0.29) is 43.0 Å². The lowest BCUT2D eigenvalue weighted by molar-refractivity contribution is -0.137. The molecule has 1 atom stereocenters. The normalized spacial score (nSPS) is 17.2. The number of Topliss-reactive ketones (excluding diaryl/α,β-unsaturated/α-hetero) is 1. The number of hydrogen-bond donors (Lipinski definition) is 0. The summed E-state index contributed by atoms with van der Waals surface area (Å²) in [5.74, 6) is -0.693. The molecule has 1 fully saturated rings. The van der Waals surface area contributed by atoms with Crippen molar-refractivity contribution in [3.05, 3.63) is 53.7 Å². The van der Waals surface area contributed by atoms with Gasteiger partial charge in [0.15, 0.2) is 5.78 Å². The Morgan fingerprint density at radius 2 is 1.97 bits per heavy atom. The third kappa shape index (κ3) is 4.74. The number of pyridine rings is 2. The molecule has 1 saturated heterocycles. The number of halogens is 4. The highest BCUT2D eigenvalue weighted by Gasteiger charge is 2.41. The summed E-state index contributed by atoms with van der Waals surface area (Å²) in [6.07, 6.45) is -2.85. The fourth-order valence-corrected chi connectivity index (χ4v) is 3.33. The first-order valence-corrected chi connectivity index (χ1v) is 9.29. The highest BCUT2D eigenvalue weighted by atomic mass is 19.4. The minimum Gasteiger partial charge on any atom is -0.312 e. The van der Waals surface area contributed by atoms with Crippen molar-refractivity contribution in [3.8, 4) is 0 Å². The quantitative estimate of drug-likeness (QED) is 0.663. The maximum absolute atomic E-state index is 13.1. The predicted molar refractivity (Wildman–Crippen MR) is 100 cm³/mol. The Morgan fingerprint density at radius 3 is 2.57 bits per heavy atom. The summed E-state index contributed by atoms with van der Waals surface area (Å²) in [5, 5.41) is 0. The summed E-state index contributed by atoms with van der Waals surface area (Å²) in [4.78, 5) is 35.9. The summed E-state index contributed by atoms with van der Waals surface area (Å²) in [7, 11) is 0. The van der Waals surface area contributed by atoms with Crippen LogP contribution in [0.3, 0.4) is 0 Å². The monoisotopic (exact) mass is 424 g/mol. The molecule has 6 nitrogen and oxygen atoms in total. The largest absolute Gasteiger partial charge is 0.416 e. The van der Waals surface area contributed by atoms with Crippen LogP contribution in [0, 0.1) is 11.7 Å². The van der Waals surface area contributed by atoms with Crippen molar-refractivity contribution in [3.63, 3.8) is 0 Å². The molecular formula is C20H20F4N4O2. The lowest BCUT2D eigenvalue weighted by Gasteiger charge is -2.25. The first kappa shape index (κ1) is 21.7. The van der Waals surface area contributed by atoms with Gasteiger partial charge in [0.2, 0.25) is 0 Å². The van der Waals surface area contributed by atoms with Crippen LogP contribution in [0.4, 0.5) is 28.2 Å². The molecule has 160 valence electrons. The van der Waals surface area contributed by atoms with Crippen LogP contribution in [0.5, 0.6) is 0 Å². The van der Waals surface area contributed by atoms with Crippen molar-refractivity contribution in [1.29, 1.82) is 0 Å². The van der Waals surface area contributed by atoms with Crippen LogP contribution >= 0.6 is 0 Å². The molecule has 2 amide bonds. The fraction of sp³-hybridized carbons (Fsp3) is 0.400. The molecule has 3 rings (SSSR count). The molecule has 0 aliphatic carbocycles. The van der Waals surface area contributed by atoms with Crippen molar-refractivity contribution in [2.45, 2.75) is 32.5 Å². The number of amides is 2. The number of alkyl halides is 3. The summed E-state index contributed by atoms with van der Waals surface area (Å²) < 4.78 is 51.7. The summed E-state index contributed by atoms with van der Waals surface area (Å²) in [5.41, 5.74) is -0.897. The van der Waals surface area contributed by atoms with Crippen LogP contribution in [-0.4, -0.2) is 45.8 Å². The van der Waals surface area contributed by atoms with Gasteiger partial charge in [0.25, 0.3) is 0 Å². The number of carbonyl (C=O) groups is 2. The van der Waals surface area contributed by atoms with Gasteiger partial charge in [-0.25, -0.2) is 14.2 Å². The molecule has 0 saturated carbocycles. The fourth-order valence-electron chi connectivity index (χ4n) is 3.33. The summed E-state index contributed by atoms with van der Waals surface area (Å²) in [6, 6.07) is 3.47. The average Bonchev–Trinajstić information content (AvgIpc) is 2.98. The zero-order valence-corrected chi connectivity index (χ0v) is 16.4. The number of nitrogens with zero attached hydrogens (tertiary/aromatic N) is 4. The van der Waals surface area contributed by atoms with Crippen molar-refractivity contribution < 1.29 is 27.2 Å². The summed E-state index contributed by atoms with van der Waals surface area (Å²) in [6.45, 7) is 3.79. The first-order chi connectivity index (χ1) is 14.1. The maximum atomic E-state index is 13.1. The van der Waals surface area contributed by atoms with Crippen LogP contribution in [0.2, 0.25) is 0 Å². The van der Waals surface area contributed by atoms with Gasteiger partial charge in [0, 0.05) is 18.4 Å². The minimum absolute atomic E-state index is 0.0129. The van der Waals surface area contributed by atoms with Crippen LogP contribution in [0.1, 0.15) is 25.1 Å². The van der Waals surface area contributed by atoms with Crippen LogP contribution in [0.25, 0.3) is 0 Å². The van der Waals surface area contributed by atoms with E-state index >= 15 is 0 Å². The highest BCUT2D eigenvalue weighted by molar-refractivity contribution is 5.96.